The lowest BCUT2D eigenvalue weighted by molar-refractivity contribution is -0.143. The van der Waals surface area contributed by atoms with E-state index in [9.17, 15) is 13.2 Å². The topological polar surface area (TPSA) is 75.7 Å². The molecule has 0 amide bonds. The molecule has 1 N–H and O–H groups in total. The molecule has 1 aliphatic rings. The highest BCUT2D eigenvalue weighted by atomic mass is 32.2. The maximum absolute atomic E-state index is 11.7. The van der Waals surface area contributed by atoms with E-state index >= 15 is 0 Å². The van der Waals surface area contributed by atoms with Crippen LogP contribution in [0.5, 0.6) is 0 Å². The fraction of sp³-hybridized carbons (Fsp3) is 0.889. The Morgan fingerprint density at radius 2 is 2.06 bits per heavy atom. The van der Waals surface area contributed by atoms with Gasteiger partial charge in [0.15, 0.2) is 0 Å². The zero-order valence-electron chi connectivity index (χ0n) is 9.93. The number of hydrogen-bond acceptors (Lipinski definition) is 4. The summed E-state index contributed by atoms with van der Waals surface area (Å²) in [6.45, 7) is 3.85. The van der Waals surface area contributed by atoms with Crippen molar-refractivity contribution in [3.63, 3.8) is 0 Å². The number of methoxy groups -OCH3 is 1. The molecule has 6 nitrogen and oxygen atoms in total. The first-order valence-corrected chi connectivity index (χ1v) is 6.56. The van der Waals surface area contributed by atoms with Crippen LogP contribution in [0.15, 0.2) is 0 Å². The van der Waals surface area contributed by atoms with E-state index in [-0.39, 0.29) is 12.0 Å². The van der Waals surface area contributed by atoms with Gasteiger partial charge in [-0.05, 0) is 12.3 Å². The first-order valence-electron chi connectivity index (χ1n) is 5.12. The van der Waals surface area contributed by atoms with Crippen molar-refractivity contribution < 1.29 is 17.9 Å². The summed E-state index contributed by atoms with van der Waals surface area (Å²) in [7, 11) is -0.814. The summed E-state index contributed by atoms with van der Waals surface area (Å²) in [4.78, 5) is 11.4. The Morgan fingerprint density at radius 3 is 2.50 bits per heavy atom. The molecule has 1 heterocycles. The molecule has 2 atom stereocenters. The van der Waals surface area contributed by atoms with Crippen molar-refractivity contribution in [1.82, 2.24) is 9.03 Å². The average Bonchev–Trinajstić information content (AvgIpc) is 2.20. The lowest BCUT2D eigenvalue weighted by Gasteiger charge is -2.37. The SMILES string of the molecule is COC(=O)C1CC(C(C)C)N(C)S(=O)(=O)N1. The molecule has 1 aliphatic heterocycles. The van der Waals surface area contributed by atoms with Gasteiger partial charge in [0.1, 0.15) is 6.04 Å². The third-order valence-corrected chi connectivity index (χ3v) is 4.48. The molecule has 0 aromatic rings. The summed E-state index contributed by atoms with van der Waals surface area (Å²) in [6.07, 6.45) is 0.431. The van der Waals surface area contributed by atoms with Gasteiger partial charge < -0.3 is 4.74 Å². The number of hydrogen-bond donors (Lipinski definition) is 1. The van der Waals surface area contributed by atoms with Gasteiger partial charge in [-0.2, -0.15) is 17.4 Å². The molecule has 0 radical (unpaired) electrons. The van der Waals surface area contributed by atoms with Gasteiger partial charge >= 0.3 is 5.97 Å². The first-order chi connectivity index (χ1) is 7.29. The van der Waals surface area contributed by atoms with Crippen molar-refractivity contribution in [3.8, 4) is 0 Å². The molecule has 7 heteroatoms. The first kappa shape index (κ1) is 13.4. The summed E-state index contributed by atoms with van der Waals surface area (Å²) >= 11 is 0. The van der Waals surface area contributed by atoms with Gasteiger partial charge in [0, 0.05) is 13.1 Å². The molecule has 1 fully saturated rings. The van der Waals surface area contributed by atoms with Crippen LogP contribution in [0.25, 0.3) is 0 Å². The van der Waals surface area contributed by atoms with E-state index in [0.29, 0.717) is 6.42 Å². The highest BCUT2D eigenvalue weighted by Gasteiger charge is 2.40. The quantitative estimate of drug-likeness (QED) is 0.684. The fourth-order valence-electron chi connectivity index (χ4n) is 1.86. The summed E-state index contributed by atoms with van der Waals surface area (Å²) < 4.78 is 31.6. The molecule has 0 bridgehead atoms. The Bertz CT molecular complexity index is 366. The van der Waals surface area contributed by atoms with Gasteiger partial charge in [-0.3, -0.25) is 4.79 Å². The second-order valence-corrected chi connectivity index (χ2v) is 6.02. The van der Waals surface area contributed by atoms with Crippen molar-refractivity contribution in [3.05, 3.63) is 0 Å². The molecular formula is C9H18N2O4S. The smallest absolute Gasteiger partial charge is 0.324 e. The second-order valence-electron chi connectivity index (χ2n) is 4.26. The number of rotatable bonds is 2. The van der Waals surface area contributed by atoms with Crippen LogP contribution >= 0.6 is 0 Å². The van der Waals surface area contributed by atoms with Crippen LogP contribution in [0, 0.1) is 5.92 Å². The van der Waals surface area contributed by atoms with Crippen molar-refractivity contribution in [1.29, 1.82) is 0 Å². The number of carbonyl (C=O) groups is 1. The Morgan fingerprint density at radius 1 is 1.50 bits per heavy atom. The molecule has 0 aromatic carbocycles. The highest BCUT2D eigenvalue weighted by molar-refractivity contribution is 7.87. The van der Waals surface area contributed by atoms with Crippen LogP contribution in [0.4, 0.5) is 0 Å². The molecule has 0 aliphatic carbocycles. The van der Waals surface area contributed by atoms with Crippen molar-refractivity contribution in [2.45, 2.75) is 32.4 Å². The average molecular weight is 250 g/mol. The van der Waals surface area contributed by atoms with E-state index in [0.717, 1.165) is 0 Å². The molecule has 1 saturated heterocycles. The van der Waals surface area contributed by atoms with E-state index in [4.69, 9.17) is 0 Å². The van der Waals surface area contributed by atoms with E-state index in [1.165, 1.54) is 18.5 Å². The summed E-state index contributed by atoms with van der Waals surface area (Å²) in [5, 5.41) is 0. The van der Waals surface area contributed by atoms with Crippen molar-refractivity contribution >= 4 is 16.2 Å². The minimum atomic E-state index is -3.58. The highest BCUT2D eigenvalue weighted by Crippen LogP contribution is 2.23. The second kappa shape index (κ2) is 4.68. The number of carbonyl (C=O) groups excluding carboxylic acids is 1. The normalized spacial score (nSPS) is 30.3. The number of nitrogens with zero attached hydrogens (tertiary/aromatic N) is 1. The lowest BCUT2D eigenvalue weighted by Crippen LogP contribution is -2.59. The van der Waals surface area contributed by atoms with Gasteiger partial charge in [-0.25, -0.2) is 0 Å². The third-order valence-electron chi connectivity index (χ3n) is 2.87. The van der Waals surface area contributed by atoms with Gasteiger partial charge in [0.05, 0.1) is 7.11 Å². The van der Waals surface area contributed by atoms with Crippen LogP contribution in [0.2, 0.25) is 0 Å². The van der Waals surface area contributed by atoms with E-state index < -0.39 is 22.2 Å². The fourth-order valence-corrected chi connectivity index (χ4v) is 3.26. The largest absolute Gasteiger partial charge is 0.468 e. The molecule has 16 heavy (non-hydrogen) atoms. The van der Waals surface area contributed by atoms with Crippen LogP contribution < -0.4 is 4.72 Å². The molecule has 0 aromatic heterocycles. The molecule has 94 valence electrons. The van der Waals surface area contributed by atoms with Crippen molar-refractivity contribution in [2.75, 3.05) is 14.2 Å². The zero-order chi connectivity index (χ0) is 12.5. The van der Waals surface area contributed by atoms with E-state index in [1.54, 1.807) is 0 Å². The maximum Gasteiger partial charge on any atom is 0.324 e. The lowest BCUT2D eigenvalue weighted by atomic mass is 9.97. The Hall–Kier alpha value is -0.660. The minimum Gasteiger partial charge on any atom is -0.468 e. The molecule has 0 saturated carbocycles. The van der Waals surface area contributed by atoms with Gasteiger partial charge in [0.25, 0.3) is 10.2 Å². The van der Waals surface area contributed by atoms with Gasteiger partial charge in [0.2, 0.25) is 0 Å². The Kier molecular flexibility index (Phi) is 3.92. The maximum atomic E-state index is 11.7. The minimum absolute atomic E-state index is 0.147. The Labute approximate surface area is 96.1 Å². The van der Waals surface area contributed by atoms with Crippen molar-refractivity contribution in [2.24, 2.45) is 5.92 Å². The molecule has 0 spiro atoms. The number of esters is 1. The summed E-state index contributed by atoms with van der Waals surface area (Å²) in [6, 6.07) is -0.964. The van der Waals surface area contributed by atoms with E-state index in [2.05, 4.69) is 9.46 Å². The zero-order valence-corrected chi connectivity index (χ0v) is 10.7. The van der Waals surface area contributed by atoms with Crippen LogP contribution in [0.1, 0.15) is 20.3 Å². The standard InChI is InChI=1S/C9H18N2O4S/c1-6(2)8-5-7(9(12)15-4)10-16(13,14)11(8)3/h6-8,10H,5H2,1-4H3. The monoisotopic (exact) mass is 250 g/mol. The predicted molar refractivity (Wildman–Crippen MR) is 58.9 cm³/mol. The molecule has 2 unspecified atom stereocenters. The van der Waals surface area contributed by atoms with Crippen LogP contribution in [0.3, 0.4) is 0 Å². The van der Waals surface area contributed by atoms with Crippen LogP contribution in [-0.2, 0) is 19.7 Å². The Balaban J connectivity index is 2.95. The number of ether oxygens (including phenoxy) is 1. The number of nitrogens with one attached hydrogen (secondary N) is 1. The van der Waals surface area contributed by atoms with Gasteiger partial charge in [-0.15, -0.1) is 0 Å². The molecular weight excluding hydrogens is 232 g/mol. The van der Waals surface area contributed by atoms with E-state index in [1.807, 2.05) is 13.8 Å². The predicted octanol–water partition coefficient (Wildman–Crippen LogP) is -0.277. The summed E-state index contributed by atoms with van der Waals surface area (Å²) in [5.41, 5.74) is 0. The molecule has 1 rings (SSSR count). The van der Waals surface area contributed by atoms with Crippen LogP contribution in [-0.4, -0.2) is 44.9 Å². The third kappa shape index (κ3) is 2.53. The summed E-state index contributed by atoms with van der Waals surface area (Å²) in [5.74, 6) is -0.392. The van der Waals surface area contributed by atoms with Gasteiger partial charge in [-0.1, -0.05) is 13.8 Å².